The number of ether oxygens (including phenoxy) is 1. The first-order valence-corrected chi connectivity index (χ1v) is 12.2. The van der Waals surface area contributed by atoms with Crippen molar-refractivity contribution in [3.05, 3.63) is 64.9 Å². The maximum absolute atomic E-state index is 13.5. The third kappa shape index (κ3) is 5.37. The second-order valence-electron chi connectivity index (χ2n) is 8.15. The van der Waals surface area contributed by atoms with E-state index >= 15 is 0 Å². The number of nitrogens with one attached hydrogen (secondary N) is 2. The first kappa shape index (κ1) is 22.0. The second kappa shape index (κ2) is 9.14. The normalized spacial score (nSPS) is 24.8. The van der Waals surface area contributed by atoms with E-state index in [9.17, 15) is 17.6 Å². The van der Waals surface area contributed by atoms with Crippen molar-refractivity contribution >= 4 is 27.5 Å². The Morgan fingerprint density at radius 2 is 1.81 bits per heavy atom. The lowest BCUT2D eigenvalue weighted by Crippen LogP contribution is -2.44. The summed E-state index contributed by atoms with van der Waals surface area (Å²) in [5.74, 6) is -0.304. The largest absolute Gasteiger partial charge is 0.484 e. The van der Waals surface area contributed by atoms with E-state index in [0.29, 0.717) is 6.42 Å². The monoisotopic (exact) mass is 466 g/mol. The molecule has 31 heavy (non-hydrogen) atoms. The summed E-state index contributed by atoms with van der Waals surface area (Å²) in [6, 6.07) is 12.7. The van der Waals surface area contributed by atoms with Crippen molar-refractivity contribution in [2.75, 3.05) is 6.61 Å². The van der Waals surface area contributed by atoms with Crippen LogP contribution in [0.25, 0.3) is 0 Å². The highest BCUT2D eigenvalue weighted by molar-refractivity contribution is 7.88. The van der Waals surface area contributed by atoms with Crippen molar-refractivity contribution in [3.8, 4) is 5.75 Å². The number of rotatable bonds is 8. The molecule has 0 radical (unpaired) electrons. The van der Waals surface area contributed by atoms with Crippen LogP contribution in [-0.2, 0) is 20.6 Å². The van der Waals surface area contributed by atoms with Gasteiger partial charge in [-0.1, -0.05) is 41.9 Å². The van der Waals surface area contributed by atoms with Crippen molar-refractivity contribution in [2.45, 2.75) is 37.1 Å². The van der Waals surface area contributed by atoms with E-state index in [1.54, 1.807) is 12.1 Å². The molecule has 0 aliphatic heterocycles. The summed E-state index contributed by atoms with van der Waals surface area (Å²) in [6.07, 6.45) is 2.44. The Hall–Kier alpha value is -2.16. The van der Waals surface area contributed by atoms with Gasteiger partial charge in [0.1, 0.15) is 11.6 Å². The van der Waals surface area contributed by atoms with Crippen LogP contribution in [0.3, 0.4) is 0 Å². The fraction of sp³-hybridized carbons (Fsp3) is 0.409. The zero-order chi connectivity index (χ0) is 22.0. The van der Waals surface area contributed by atoms with E-state index in [-0.39, 0.29) is 53.0 Å². The third-order valence-corrected chi connectivity index (χ3v) is 7.74. The number of carbonyl (C=O) groups is 1. The molecule has 2 aliphatic rings. The first-order chi connectivity index (χ1) is 14.8. The summed E-state index contributed by atoms with van der Waals surface area (Å²) in [5.41, 5.74) is 0.735. The van der Waals surface area contributed by atoms with Crippen molar-refractivity contribution in [1.29, 1.82) is 0 Å². The maximum Gasteiger partial charge on any atom is 0.258 e. The molecule has 9 heteroatoms. The van der Waals surface area contributed by atoms with Crippen LogP contribution in [0.2, 0.25) is 5.02 Å². The number of hydrogen-bond donors (Lipinski definition) is 2. The minimum atomic E-state index is -3.48. The third-order valence-electron chi connectivity index (χ3n) is 6.06. The molecule has 2 saturated carbocycles. The van der Waals surface area contributed by atoms with Crippen LogP contribution in [0.4, 0.5) is 4.39 Å². The van der Waals surface area contributed by atoms with Gasteiger partial charge in [0.15, 0.2) is 6.61 Å². The van der Waals surface area contributed by atoms with E-state index < -0.39 is 15.8 Å². The summed E-state index contributed by atoms with van der Waals surface area (Å²) in [5, 5.41) is 2.94. The predicted octanol–water partition coefficient (Wildman–Crippen LogP) is 3.26. The van der Waals surface area contributed by atoms with Gasteiger partial charge in [-0.3, -0.25) is 4.79 Å². The van der Waals surface area contributed by atoms with Crippen molar-refractivity contribution in [1.82, 2.24) is 10.0 Å². The quantitative estimate of drug-likeness (QED) is 0.625. The number of sulfonamides is 1. The van der Waals surface area contributed by atoms with E-state index in [4.69, 9.17) is 16.3 Å². The standard InChI is InChI=1S/C22H24ClFN2O4S/c23-18-9-6-15(10-19(18)24)30-12-22(27)25-20-11-21(17-8-7-16(17)20)26-31(28,29)13-14-4-2-1-3-5-14/h1-6,9-10,16-17,20-21,26H,7-8,11-13H2,(H,25,27)/t16?,17?,20?,21-/m0/s1. The average Bonchev–Trinajstić information content (AvgIpc) is 2.89. The fourth-order valence-corrected chi connectivity index (χ4v) is 6.07. The van der Waals surface area contributed by atoms with Crippen LogP contribution in [0.15, 0.2) is 48.5 Å². The number of carbonyl (C=O) groups excluding carboxylic acids is 1. The molecule has 2 aliphatic carbocycles. The Bertz CT molecular complexity index is 1050. The highest BCUT2D eigenvalue weighted by Gasteiger charge is 2.49. The van der Waals surface area contributed by atoms with Gasteiger partial charge < -0.3 is 10.1 Å². The smallest absolute Gasteiger partial charge is 0.258 e. The maximum atomic E-state index is 13.5. The number of fused-ring (bicyclic) bond motifs is 1. The lowest BCUT2D eigenvalue weighted by molar-refractivity contribution is -0.124. The molecule has 0 bridgehead atoms. The Morgan fingerprint density at radius 1 is 1.10 bits per heavy atom. The van der Waals surface area contributed by atoms with Crippen LogP contribution in [0, 0.1) is 17.7 Å². The fourth-order valence-electron chi connectivity index (χ4n) is 4.51. The Balaban J connectivity index is 1.30. The van der Waals surface area contributed by atoms with Gasteiger partial charge in [-0.15, -0.1) is 0 Å². The molecular formula is C22H24ClFN2O4S. The second-order valence-corrected chi connectivity index (χ2v) is 10.3. The molecule has 0 heterocycles. The van der Waals surface area contributed by atoms with Crippen LogP contribution in [-0.4, -0.2) is 33.0 Å². The Kier molecular flexibility index (Phi) is 6.50. The number of halogens is 2. The zero-order valence-electron chi connectivity index (χ0n) is 16.8. The molecule has 2 N–H and O–H groups in total. The molecule has 3 unspecified atom stereocenters. The molecule has 2 aromatic carbocycles. The molecule has 0 aromatic heterocycles. The minimum absolute atomic E-state index is 0.0143. The van der Waals surface area contributed by atoms with Gasteiger partial charge in [-0.05, 0) is 48.8 Å². The van der Waals surface area contributed by atoms with Gasteiger partial charge in [-0.25, -0.2) is 17.5 Å². The molecule has 6 nitrogen and oxygen atoms in total. The first-order valence-electron chi connectivity index (χ1n) is 10.2. The lowest BCUT2D eigenvalue weighted by atomic mass is 9.74. The zero-order valence-corrected chi connectivity index (χ0v) is 18.3. The van der Waals surface area contributed by atoms with Crippen LogP contribution in [0.5, 0.6) is 5.75 Å². The summed E-state index contributed by atoms with van der Waals surface area (Å²) in [7, 11) is -3.48. The van der Waals surface area contributed by atoms with Crippen LogP contribution < -0.4 is 14.8 Å². The molecule has 166 valence electrons. The van der Waals surface area contributed by atoms with Gasteiger partial charge in [0.2, 0.25) is 10.0 Å². The molecule has 0 saturated heterocycles. The molecule has 0 spiro atoms. The summed E-state index contributed by atoms with van der Waals surface area (Å²) >= 11 is 5.64. The van der Waals surface area contributed by atoms with Gasteiger partial charge in [0.25, 0.3) is 5.91 Å². The molecule has 2 aromatic rings. The summed E-state index contributed by atoms with van der Waals surface area (Å²) in [4.78, 5) is 12.3. The van der Waals surface area contributed by atoms with Crippen LogP contribution >= 0.6 is 11.6 Å². The lowest BCUT2D eigenvalue weighted by Gasteiger charge is -2.36. The van der Waals surface area contributed by atoms with Gasteiger partial charge in [-0.2, -0.15) is 0 Å². The Morgan fingerprint density at radius 3 is 2.48 bits per heavy atom. The number of amides is 1. The van der Waals surface area contributed by atoms with Gasteiger partial charge >= 0.3 is 0 Å². The van der Waals surface area contributed by atoms with E-state index in [0.717, 1.165) is 24.5 Å². The number of hydrogen-bond acceptors (Lipinski definition) is 4. The van der Waals surface area contributed by atoms with E-state index in [1.807, 2.05) is 18.2 Å². The summed E-state index contributed by atoms with van der Waals surface area (Å²) in [6.45, 7) is -0.251. The van der Waals surface area contributed by atoms with Crippen molar-refractivity contribution in [3.63, 3.8) is 0 Å². The minimum Gasteiger partial charge on any atom is -0.484 e. The molecule has 4 atom stereocenters. The topological polar surface area (TPSA) is 84.5 Å². The summed E-state index contributed by atoms with van der Waals surface area (Å²) < 4.78 is 46.9. The van der Waals surface area contributed by atoms with E-state index in [2.05, 4.69) is 10.0 Å². The highest BCUT2D eigenvalue weighted by atomic mass is 35.5. The SMILES string of the molecule is O=C(COc1ccc(Cl)c(F)c1)NC1C[C@H](NS(=O)(=O)Cc2ccccc2)C2CCC12. The molecule has 4 rings (SSSR count). The van der Waals surface area contributed by atoms with Gasteiger partial charge in [0.05, 0.1) is 10.8 Å². The van der Waals surface area contributed by atoms with Crippen molar-refractivity contribution in [2.24, 2.45) is 11.8 Å². The highest BCUT2D eigenvalue weighted by Crippen LogP contribution is 2.47. The van der Waals surface area contributed by atoms with E-state index in [1.165, 1.54) is 12.1 Å². The molecular weight excluding hydrogens is 443 g/mol. The average molecular weight is 467 g/mol. The van der Waals surface area contributed by atoms with Crippen LogP contribution in [0.1, 0.15) is 24.8 Å². The van der Waals surface area contributed by atoms with Crippen molar-refractivity contribution < 1.29 is 22.3 Å². The van der Waals surface area contributed by atoms with Gasteiger partial charge in [0, 0.05) is 18.2 Å². The Labute approximate surface area is 186 Å². The number of benzene rings is 2. The molecule has 1 amide bonds. The predicted molar refractivity (Wildman–Crippen MR) is 116 cm³/mol. The molecule has 2 fully saturated rings.